The molecular weight excluding hydrogens is 378 g/mol. The maximum atomic E-state index is 12.7. The molecule has 1 aromatic heterocycles. The van der Waals surface area contributed by atoms with Gasteiger partial charge in [0, 0.05) is 11.3 Å². The van der Waals surface area contributed by atoms with Crippen molar-refractivity contribution < 1.29 is 14.5 Å². The topological polar surface area (TPSA) is 94.4 Å². The van der Waals surface area contributed by atoms with Crippen molar-refractivity contribution in [2.75, 3.05) is 12.4 Å². The average Bonchev–Trinajstić information content (AvgIpc) is 3.02. The normalized spacial score (nSPS) is 12.9. The maximum Gasteiger partial charge on any atom is 0.282 e. The quantitative estimate of drug-likeness (QED) is 0.557. The van der Waals surface area contributed by atoms with Crippen molar-refractivity contribution in [2.45, 2.75) is 33.4 Å². The van der Waals surface area contributed by atoms with Crippen LogP contribution in [0, 0.1) is 13.8 Å². The monoisotopic (exact) mass is 406 g/mol. The number of nitrogens with zero attached hydrogens (tertiary/aromatic N) is 2. The first kappa shape index (κ1) is 21.3. The molecule has 156 valence electrons. The number of anilines is 1. The van der Waals surface area contributed by atoms with Gasteiger partial charge in [-0.2, -0.15) is 5.10 Å². The number of primary amides is 1. The molecule has 2 aromatic carbocycles. The van der Waals surface area contributed by atoms with Crippen LogP contribution in [-0.2, 0) is 11.3 Å². The van der Waals surface area contributed by atoms with Crippen LogP contribution in [-0.4, -0.2) is 34.7 Å². The molecule has 0 saturated heterocycles. The molecule has 1 unspecified atom stereocenters. The number of hydrogen-bond acceptors (Lipinski definition) is 3. The van der Waals surface area contributed by atoms with Crippen LogP contribution in [0.1, 0.15) is 34.2 Å². The number of hydrogen-bond donors (Lipinski definition) is 3. The highest BCUT2D eigenvalue weighted by molar-refractivity contribution is 5.95. The number of carbonyl (C=O) groups excluding carboxylic acids is 2. The van der Waals surface area contributed by atoms with Gasteiger partial charge in [-0.3, -0.25) is 9.59 Å². The summed E-state index contributed by atoms with van der Waals surface area (Å²) in [6.07, 6.45) is 0. The van der Waals surface area contributed by atoms with Gasteiger partial charge >= 0.3 is 0 Å². The number of carbonyl (C=O) groups is 2. The third-order valence-corrected chi connectivity index (χ3v) is 5.47. The fourth-order valence-electron chi connectivity index (χ4n) is 3.38. The zero-order valence-corrected chi connectivity index (χ0v) is 17.8. The molecule has 0 radical (unpaired) electrons. The zero-order valence-electron chi connectivity index (χ0n) is 17.8. The highest BCUT2D eigenvalue weighted by atomic mass is 16.2. The Morgan fingerprint density at radius 1 is 1.10 bits per heavy atom. The Kier molecular flexibility index (Phi) is 6.32. The van der Waals surface area contributed by atoms with Gasteiger partial charge in [0.05, 0.1) is 29.7 Å². The molecule has 3 rings (SSSR count). The number of amides is 2. The minimum absolute atomic E-state index is 0.0925. The number of benzene rings is 2. The summed E-state index contributed by atoms with van der Waals surface area (Å²) in [5.74, 6) is -0.586. The maximum absolute atomic E-state index is 12.7. The highest BCUT2D eigenvalue weighted by Gasteiger charge is 2.25. The van der Waals surface area contributed by atoms with Gasteiger partial charge in [-0.05, 0) is 57.2 Å². The zero-order chi connectivity index (χ0) is 21.8. The van der Waals surface area contributed by atoms with Crippen LogP contribution in [0.15, 0.2) is 54.6 Å². The molecule has 4 N–H and O–H groups in total. The van der Waals surface area contributed by atoms with Crippen molar-refractivity contribution >= 4 is 17.5 Å². The standard InChI is InChI=1S/C23H27N5O2/c1-15-21(16(2)28(26-15)20-8-6-5-7-9-20)14-27(4)17(3)23(30)25-19-12-10-18(11-13-19)22(24)29/h5-13,17H,14H2,1-4H3,(H2,24,29)(H,25,30)/p+1/t17-/m1/s1. The summed E-state index contributed by atoms with van der Waals surface area (Å²) in [5.41, 5.74) is 10.5. The predicted octanol–water partition coefficient (Wildman–Crippen LogP) is 1.63. The van der Waals surface area contributed by atoms with Crippen LogP contribution in [0.5, 0.6) is 0 Å². The average molecular weight is 407 g/mol. The minimum Gasteiger partial charge on any atom is -0.366 e. The summed E-state index contributed by atoms with van der Waals surface area (Å²) in [7, 11) is 2.00. The third-order valence-electron chi connectivity index (χ3n) is 5.47. The van der Waals surface area contributed by atoms with Crippen LogP contribution in [0.25, 0.3) is 5.69 Å². The molecule has 30 heavy (non-hydrogen) atoms. The van der Waals surface area contributed by atoms with E-state index in [1.807, 2.05) is 55.9 Å². The number of quaternary nitrogens is 1. The molecule has 7 heteroatoms. The van der Waals surface area contributed by atoms with Crippen LogP contribution in [0.2, 0.25) is 0 Å². The molecule has 1 heterocycles. The predicted molar refractivity (Wildman–Crippen MR) is 117 cm³/mol. The lowest BCUT2D eigenvalue weighted by molar-refractivity contribution is -0.907. The van der Waals surface area contributed by atoms with Gasteiger partial charge < -0.3 is 16.0 Å². The number of aromatic nitrogens is 2. The Hall–Kier alpha value is -3.45. The van der Waals surface area contributed by atoms with E-state index in [2.05, 4.69) is 12.2 Å². The molecule has 2 amide bonds. The number of nitrogens with one attached hydrogen (secondary N) is 2. The number of nitrogens with two attached hydrogens (primary N) is 1. The van der Waals surface area contributed by atoms with Gasteiger partial charge in [-0.15, -0.1) is 0 Å². The molecule has 0 aliphatic carbocycles. The van der Waals surface area contributed by atoms with Crippen molar-refractivity contribution in [2.24, 2.45) is 5.73 Å². The Balaban J connectivity index is 1.69. The summed E-state index contributed by atoms with van der Waals surface area (Å²) in [5, 5.41) is 7.59. The summed E-state index contributed by atoms with van der Waals surface area (Å²) < 4.78 is 1.95. The first-order valence-corrected chi connectivity index (χ1v) is 9.91. The second-order valence-corrected chi connectivity index (χ2v) is 7.57. The first-order valence-electron chi connectivity index (χ1n) is 9.91. The summed E-state index contributed by atoms with van der Waals surface area (Å²) in [4.78, 5) is 24.9. The molecular formula is C23H28N5O2+. The van der Waals surface area contributed by atoms with E-state index in [0.717, 1.165) is 27.5 Å². The molecule has 0 fully saturated rings. The Morgan fingerprint density at radius 2 is 1.73 bits per heavy atom. The highest BCUT2D eigenvalue weighted by Crippen LogP contribution is 2.17. The van der Waals surface area contributed by atoms with E-state index >= 15 is 0 Å². The van der Waals surface area contributed by atoms with E-state index in [1.165, 1.54) is 0 Å². The van der Waals surface area contributed by atoms with E-state index < -0.39 is 5.91 Å². The summed E-state index contributed by atoms with van der Waals surface area (Å²) >= 11 is 0. The van der Waals surface area contributed by atoms with E-state index in [-0.39, 0.29) is 11.9 Å². The number of aryl methyl sites for hydroxylation is 1. The number of para-hydroxylation sites is 1. The number of rotatable bonds is 7. The van der Waals surface area contributed by atoms with Crippen molar-refractivity contribution in [1.29, 1.82) is 0 Å². The van der Waals surface area contributed by atoms with Crippen molar-refractivity contribution in [3.05, 3.63) is 77.1 Å². The molecule has 0 bridgehead atoms. The fourth-order valence-corrected chi connectivity index (χ4v) is 3.38. The van der Waals surface area contributed by atoms with Crippen molar-refractivity contribution in [3.63, 3.8) is 0 Å². The lowest BCUT2D eigenvalue weighted by atomic mass is 10.1. The van der Waals surface area contributed by atoms with Crippen molar-refractivity contribution in [1.82, 2.24) is 9.78 Å². The smallest absolute Gasteiger partial charge is 0.282 e. The van der Waals surface area contributed by atoms with Gasteiger partial charge in [0.15, 0.2) is 6.04 Å². The molecule has 0 spiro atoms. The van der Waals surface area contributed by atoms with Gasteiger partial charge in [0.2, 0.25) is 5.91 Å². The second kappa shape index (κ2) is 8.92. The molecule has 0 aliphatic rings. The second-order valence-electron chi connectivity index (χ2n) is 7.57. The molecule has 2 atom stereocenters. The Morgan fingerprint density at radius 3 is 2.33 bits per heavy atom. The molecule has 0 aliphatic heterocycles. The first-order chi connectivity index (χ1) is 14.3. The van der Waals surface area contributed by atoms with Gasteiger partial charge in [-0.1, -0.05) is 18.2 Å². The SMILES string of the molecule is Cc1nn(-c2ccccc2)c(C)c1C[NH+](C)[C@H](C)C(=O)Nc1ccc(C(N)=O)cc1. The van der Waals surface area contributed by atoms with E-state index in [4.69, 9.17) is 10.8 Å². The van der Waals surface area contributed by atoms with Crippen LogP contribution < -0.4 is 16.0 Å². The molecule has 0 saturated carbocycles. The van der Waals surface area contributed by atoms with Gasteiger partial charge in [0.25, 0.3) is 5.91 Å². The Bertz CT molecular complexity index is 1040. The minimum atomic E-state index is -0.493. The van der Waals surface area contributed by atoms with Gasteiger partial charge in [0.1, 0.15) is 6.54 Å². The largest absolute Gasteiger partial charge is 0.366 e. The third kappa shape index (κ3) is 4.58. The van der Waals surface area contributed by atoms with Crippen LogP contribution in [0.3, 0.4) is 0 Å². The Labute approximate surface area is 176 Å². The van der Waals surface area contributed by atoms with Crippen molar-refractivity contribution in [3.8, 4) is 5.69 Å². The van der Waals surface area contributed by atoms with Crippen LogP contribution >= 0.6 is 0 Å². The van der Waals surface area contributed by atoms with E-state index in [9.17, 15) is 9.59 Å². The lowest BCUT2D eigenvalue weighted by Crippen LogP contribution is -3.12. The number of likely N-dealkylation sites (N-methyl/N-ethyl adjacent to an activating group) is 1. The lowest BCUT2D eigenvalue weighted by Gasteiger charge is -2.21. The fraction of sp³-hybridized carbons (Fsp3) is 0.261. The van der Waals surface area contributed by atoms with Gasteiger partial charge in [-0.25, -0.2) is 4.68 Å². The molecule has 3 aromatic rings. The molecule has 7 nitrogen and oxygen atoms in total. The summed E-state index contributed by atoms with van der Waals surface area (Å²) in [6.45, 7) is 6.63. The van der Waals surface area contributed by atoms with E-state index in [0.29, 0.717) is 17.8 Å². The summed E-state index contributed by atoms with van der Waals surface area (Å²) in [6, 6.07) is 16.3. The van der Waals surface area contributed by atoms with E-state index in [1.54, 1.807) is 24.3 Å². The van der Waals surface area contributed by atoms with Crippen LogP contribution in [0.4, 0.5) is 5.69 Å².